The molecule has 3 aromatic carbocycles. The Labute approximate surface area is 268 Å². The van der Waals surface area contributed by atoms with E-state index < -0.39 is 6.09 Å². The van der Waals surface area contributed by atoms with Gasteiger partial charge in [-0.15, -0.1) is 0 Å². The maximum atomic E-state index is 11.8. The highest BCUT2D eigenvalue weighted by Crippen LogP contribution is 2.61. The Hall–Kier alpha value is -3.98. The standard InChI is InChI=1S/C21H28O3.C15H13N3O2S/c1-3-20(23)24-19-9-8-18-17-6-4-13-12-14(22)5-7-15(13)16(17)10-11-21(18,19)2;1-20-15(19)18-14-16-12-8-7-11(9-13(12)17-14)21-10-5-3-2-4-6-10/h5,7,12,16-19,22H,3-4,6,8-11H2,1-2H3;2-9H,1H3,(H2,16,17,18,19). The van der Waals surface area contributed by atoms with Crippen LogP contribution in [0.1, 0.15) is 69.4 Å². The minimum Gasteiger partial charge on any atom is -0.508 e. The predicted octanol–water partition coefficient (Wildman–Crippen LogP) is 8.46. The Kier molecular flexibility index (Phi) is 9.08. The summed E-state index contributed by atoms with van der Waals surface area (Å²) in [5, 5.41) is 12.3. The number of methoxy groups -OCH3 is 1. The number of esters is 1. The first-order valence-corrected chi connectivity index (χ1v) is 16.7. The van der Waals surface area contributed by atoms with Crippen LogP contribution in [-0.4, -0.2) is 40.4 Å². The molecule has 0 saturated heterocycles. The number of phenolic OH excluding ortho intramolecular Hbond substituents is 1. The minimum atomic E-state index is -0.548. The molecule has 1 heterocycles. The van der Waals surface area contributed by atoms with E-state index in [4.69, 9.17) is 4.74 Å². The SMILES string of the molecule is CCC(=O)OC1CCC2C3CCc4cc(O)ccc4C3CCC12C.COC(=O)Nc1nc2ccc(Sc3ccccc3)cc2[nH]1. The predicted molar refractivity (Wildman–Crippen MR) is 176 cm³/mol. The number of aromatic hydroxyl groups is 1. The van der Waals surface area contributed by atoms with Crippen LogP contribution in [0, 0.1) is 17.3 Å². The summed E-state index contributed by atoms with van der Waals surface area (Å²) in [6.07, 6.45) is 6.83. The number of hydrogen-bond acceptors (Lipinski definition) is 7. The van der Waals surface area contributed by atoms with Crippen LogP contribution in [0.25, 0.3) is 11.0 Å². The van der Waals surface area contributed by atoms with E-state index in [0.29, 0.717) is 35.9 Å². The molecular formula is C36H41N3O5S. The molecule has 3 N–H and O–H groups in total. The van der Waals surface area contributed by atoms with Gasteiger partial charge in [-0.05, 0) is 110 Å². The highest BCUT2D eigenvalue weighted by Gasteiger charge is 2.56. The summed E-state index contributed by atoms with van der Waals surface area (Å²) in [4.78, 5) is 32.6. The second-order valence-electron chi connectivity index (χ2n) is 12.5. The molecule has 9 heteroatoms. The van der Waals surface area contributed by atoms with Gasteiger partial charge < -0.3 is 19.6 Å². The van der Waals surface area contributed by atoms with Crippen molar-refractivity contribution in [3.05, 3.63) is 77.9 Å². The van der Waals surface area contributed by atoms with Crippen molar-refractivity contribution in [1.82, 2.24) is 9.97 Å². The lowest BCUT2D eigenvalue weighted by atomic mass is 9.55. The normalized spacial score (nSPS) is 24.8. The van der Waals surface area contributed by atoms with Gasteiger partial charge in [0.15, 0.2) is 0 Å². The number of aryl methyl sites for hydroxylation is 1. The summed E-state index contributed by atoms with van der Waals surface area (Å²) in [7, 11) is 1.31. The summed E-state index contributed by atoms with van der Waals surface area (Å²) >= 11 is 1.67. The first kappa shape index (κ1) is 31.0. The van der Waals surface area contributed by atoms with Gasteiger partial charge in [-0.1, -0.05) is 49.9 Å². The first-order valence-electron chi connectivity index (χ1n) is 15.9. The van der Waals surface area contributed by atoms with Gasteiger partial charge in [0.05, 0.1) is 18.1 Å². The van der Waals surface area contributed by atoms with Crippen LogP contribution in [0.2, 0.25) is 0 Å². The Morgan fingerprint density at radius 2 is 1.87 bits per heavy atom. The van der Waals surface area contributed by atoms with Crippen LogP contribution >= 0.6 is 11.8 Å². The molecule has 7 rings (SSSR count). The zero-order chi connectivity index (χ0) is 31.6. The minimum absolute atomic E-state index is 0.0477. The van der Waals surface area contributed by atoms with E-state index in [1.165, 1.54) is 42.4 Å². The Morgan fingerprint density at radius 1 is 1.04 bits per heavy atom. The third-order valence-corrected chi connectivity index (χ3v) is 11.0. The number of ether oxygens (including phenoxy) is 2. The van der Waals surface area contributed by atoms with Crippen LogP contribution in [-0.2, 0) is 20.7 Å². The molecule has 45 heavy (non-hydrogen) atoms. The van der Waals surface area contributed by atoms with Crippen molar-refractivity contribution in [2.75, 3.05) is 12.4 Å². The van der Waals surface area contributed by atoms with Gasteiger partial charge in [0.2, 0.25) is 5.95 Å². The van der Waals surface area contributed by atoms with Gasteiger partial charge in [-0.25, -0.2) is 9.78 Å². The third-order valence-electron chi connectivity index (χ3n) is 10.0. The lowest BCUT2D eigenvalue weighted by molar-refractivity contribution is -0.157. The summed E-state index contributed by atoms with van der Waals surface area (Å²) in [6.45, 7) is 4.24. The Balaban J connectivity index is 0.000000160. The van der Waals surface area contributed by atoms with Crippen molar-refractivity contribution in [3.8, 4) is 5.75 Å². The van der Waals surface area contributed by atoms with E-state index in [-0.39, 0.29) is 17.5 Å². The number of fused-ring (bicyclic) bond motifs is 6. The first-order chi connectivity index (χ1) is 21.8. The highest BCUT2D eigenvalue weighted by molar-refractivity contribution is 7.99. The van der Waals surface area contributed by atoms with Gasteiger partial charge in [0, 0.05) is 21.6 Å². The Bertz CT molecular complexity index is 1670. The fourth-order valence-electron chi connectivity index (χ4n) is 7.84. The molecule has 8 nitrogen and oxygen atoms in total. The molecule has 0 radical (unpaired) electrons. The zero-order valence-corrected chi connectivity index (χ0v) is 26.9. The van der Waals surface area contributed by atoms with E-state index >= 15 is 0 Å². The number of hydrogen-bond donors (Lipinski definition) is 3. The van der Waals surface area contributed by atoms with E-state index in [2.05, 4.69) is 45.1 Å². The monoisotopic (exact) mass is 627 g/mol. The van der Waals surface area contributed by atoms with Crippen LogP contribution in [0.4, 0.5) is 10.7 Å². The number of nitrogens with one attached hydrogen (secondary N) is 2. The second-order valence-corrected chi connectivity index (χ2v) is 13.7. The third kappa shape index (κ3) is 6.54. The van der Waals surface area contributed by atoms with Gasteiger partial charge in [-0.2, -0.15) is 0 Å². The summed E-state index contributed by atoms with van der Waals surface area (Å²) in [6, 6.07) is 22.0. The molecule has 1 amide bonds. The van der Waals surface area contributed by atoms with Crippen molar-refractivity contribution < 1.29 is 24.2 Å². The molecule has 5 unspecified atom stereocenters. The molecular weight excluding hydrogens is 586 g/mol. The van der Waals surface area contributed by atoms with Crippen molar-refractivity contribution in [2.24, 2.45) is 17.3 Å². The van der Waals surface area contributed by atoms with Gasteiger partial charge in [0.1, 0.15) is 11.9 Å². The number of rotatable bonds is 5. The molecule has 5 atom stereocenters. The van der Waals surface area contributed by atoms with Crippen molar-refractivity contribution >= 4 is 40.8 Å². The molecule has 236 valence electrons. The maximum Gasteiger partial charge on any atom is 0.413 e. The quantitative estimate of drug-likeness (QED) is 0.190. The molecule has 2 saturated carbocycles. The fourth-order valence-corrected chi connectivity index (χ4v) is 8.72. The van der Waals surface area contributed by atoms with Crippen molar-refractivity contribution in [1.29, 1.82) is 0 Å². The van der Waals surface area contributed by atoms with E-state index in [1.54, 1.807) is 11.8 Å². The smallest absolute Gasteiger partial charge is 0.413 e. The summed E-state index contributed by atoms with van der Waals surface area (Å²) < 4.78 is 10.4. The number of aromatic nitrogens is 2. The average molecular weight is 628 g/mol. The van der Waals surface area contributed by atoms with Gasteiger partial charge in [0.25, 0.3) is 0 Å². The Morgan fingerprint density at radius 3 is 2.64 bits per heavy atom. The summed E-state index contributed by atoms with van der Waals surface area (Å²) in [5.74, 6) is 2.69. The number of H-pyrrole nitrogens is 1. The van der Waals surface area contributed by atoms with Crippen LogP contribution < -0.4 is 5.32 Å². The van der Waals surface area contributed by atoms with Crippen LogP contribution in [0.15, 0.2) is 76.5 Å². The van der Waals surface area contributed by atoms with E-state index in [0.717, 1.165) is 35.2 Å². The summed E-state index contributed by atoms with van der Waals surface area (Å²) in [5.41, 5.74) is 4.61. The maximum absolute atomic E-state index is 11.8. The van der Waals surface area contributed by atoms with Crippen LogP contribution in [0.3, 0.4) is 0 Å². The number of nitrogens with zero attached hydrogens (tertiary/aromatic N) is 1. The van der Waals surface area contributed by atoms with Crippen LogP contribution in [0.5, 0.6) is 5.75 Å². The molecule has 0 bridgehead atoms. The van der Waals surface area contributed by atoms with E-state index in [9.17, 15) is 14.7 Å². The molecule has 0 spiro atoms. The molecule has 2 fully saturated rings. The number of carbonyl (C=O) groups is 2. The lowest BCUT2D eigenvalue weighted by Crippen LogP contribution is -2.45. The number of amides is 1. The molecule has 4 aromatic rings. The van der Waals surface area contributed by atoms with Crippen molar-refractivity contribution in [3.63, 3.8) is 0 Å². The number of carbonyl (C=O) groups excluding carboxylic acids is 2. The lowest BCUT2D eigenvalue weighted by Gasteiger charge is -2.50. The molecule has 3 aliphatic carbocycles. The average Bonchev–Trinajstić information content (AvgIpc) is 3.60. The second kappa shape index (κ2) is 13.2. The molecule has 0 aliphatic heterocycles. The topological polar surface area (TPSA) is 114 Å². The van der Waals surface area contributed by atoms with Gasteiger partial charge >= 0.3 is 12.1 Å². The number of phenols is 1. The van der Waals surface area contributed by atoms with Gasteiger partial charge in [-0.3, -0.25) is 10.1 Å². The number of imidazole rings is 1. The van der Waals surface area contributed by atoms with E-state index in [1.807, 2.05) is 55.5 Å². The zero-order valence-electron chi connectivity index (χ0n) is 26.0. The highest BCUT2D eigenvalue weighted by atomic mass is 32.2. The van der Waals surface area contributed by atoms with Crippen molar-refractivity contribution in [2.45, 2.75) is 80.6 Å². The fraction of sp³-hybridized carbons (Fsp3) is 0.417. The molecule has 3 aliphatic rings. The molecule has 1 aromatic heterocycles. The number of benzene rings is 3. The number of aromatic amines is 1. The largest absolute Gasteiger partial charge is 0.508 e. The number of anilines is 1.